The minimum Gasteiger partial charge on any atom is -0.0851 e. The summed E-state index contributed by atoms with van der Waals surface area (Å²) in [5.41, 5.74) is 2.95. The molecule has 1 aliphatic rings. The van der Waals surface area contributed by atoms with Crippen LogP contribution in [0.4, 0.5) is 0 Å². The summed E-state index contributed by atoms with van der Waals surface area (Å²) in [6.45, 7) is 0. The SMILES string of the molecule is C1=CC(CCc2ccccc2)CCC1CCc1ccccc1. The second-order valence-corrected chi connectivity index (χ2v) is 6.53. The summed E-state index contributed by atoms with van der Waals surface area (Å²) in [4.78, 5) is 0. The van der Waals surface area contributed by atoms with E-state index in [9.17, 15) is 0 Å². The van der Waals surface area contributed by atoms with E-state index in [0.29, 0.717) is 0 Å². The Hall–Kier alpha value is -1.82. The Labute approximate surface area is 134 Å². The lowest BCUT2D eigenvalue weighted by Crippen LogP contribution is -2.10. The monoisotopic (exact) mass is 290 g/mol. The molecule has 2 atom stereocenters. The van der Waals surface area contributed by atoms with Crippen molar-refractivity contribution in [3.63, 3.8) is 0 Å². The fraction of sp³-hybridized carbons (Fsp3) is 0.364. The third-order valence-corrected chi connectivity index (χ3v) is 4.86. The molecule has 114 valence electrons. The molecule has 0 radical (unpaired) electrons. The van der Waals surface area contributed by atoms with Gasteiger partial charge in [-0.2, -0.15) is 0 Å². The largest absolute Gasteiger partial charge is 0.0851 e. The van der Waals surface area contributed by atoms with Crippen molar-refractivity contribution in [2.75, 3.05) is 0 Å². The van der Waals surface area contributed by atoms with Crippen LogP contribution < -0.4 is 0 Å². The van der Waals surface area contributed by atoms with Gasteiger partial charge in [-0.15, -0.1) is 0 Å². The lowest BCUT2D eigenvalue weighted by molar-refractivity contribution is 0.421. The molecule has 0 amide bonds. The maximum absolute atomic E-state index is 2.49. The van der Waals surface area contributed by atoms with E-state index in [2.05, 4.69) is 72.8 Å². The third-order valence-electron chi connectivity index (χ3n) is 4.86. The van der Waals surface area contributed by atoms with Crippen molar-refractivity contribution in [2.24, 2.45) is 11.8 Å². The predicted octanol–water partition coefficient (Wildman–Crippen LogP) is 5.83. The molecular formula is C22H26. The third kappa shape index (κ3) is 4.59. The van der Waals surface area contributed by atoms with Crippen molar-refractivity contribution >= 4 is 0 Å². The van der Waals surface area contributed by atoms with E-state index >= 15 is 0 Å². The Bertz CT molecular complexity index is 514. The van der Waals surface area contributed by atoms with E-state index in [0.717, 1.165) is 11.8 Å². The van der Waals surface area contributed by atoms with E-state index in [4.69, 9.17) is 0 Å². The molecule has 1 aliphatic carbocycles. The van der Waals surface area contributed by atoms with E-state index in [1.807, 2.05) is 0 Å². The molecule has 2 aromatic carbocycles. The molecule has 0 N–H and O–H groups in total. The van der Waals surface area contributed by atoms with Crippen LogP contribution >= 0.6 is 0 Å². The van der Waals surface area contributed by atoms with Gasteiger partial charge in [-0.3, -0.25) is 0 Å². The Kier molecular flexibility index (Phi) is 5.48. The summed E-state index contributed by atoms with van der Waals surface area (Å²) in [6, 6.07) is 21.8. The maximum Gasteiger partial charge on any atom is -0.0230 e. The van der Waals surface area contributed by atoms with E-state index < -0.39 is 0 Å². The van der Waals surface area contributed by atoms with Gasteiger partial charge in [0, 0.05) is 0 Å². The van der Waals surface area contributed by atoms with E-state index in [1.165, 1.54) is 49.7 Å². The lowest BCUT2D eigenvalue weighted by Gasteiger charge is -2.23. The first-order valence-electron chi connectivity index (χ1n) is 8.66. The van der Waals surface area contributed by atoms with Crippen LogP contribution in [-0.4, -0.2) is 0 Å². The van der Waals surface area contributed by atoms with Crippen molar-refractivity contribution in [1.29, 1.82) is 0 Å². The van der Waals surface area contributed by atoms with Crippen molar-refractivity contribution in [3.05, 3.63) is 83.9 Å². The lowest BCUT2D eigenvalue weighted by atomic mass is 9.83. The quantitative estimate of drug-likeness (QED) is 0.587. The molecule has 0 bridgehead atoms. The van der Waals surface area contributed by atoms with Crippen LogP contribution in [0.1, 0.15) is 36.8 Å². The first kappa shape index (κ1) is 15.1. The van der Waals surface area contributed by atoms with Crippen LogP contribution in [0.15, 0.2) is 72.8 Å². The van der Waals surface area contributed by atoms with Crippen molar-refractivity contribution < 1.29 is 0 Å². The molecule has 22 heavy (non-hydrogen) atoms. The minimum atomic E-state index is 0.785. The summed E-state index contributed by atoms with van der Waals surface area (Å²) in [6.07, 6.45) is 12.7. The van der Waals surface area contributed by atoms with Crippen LogP contribution in [0.2, 0.25) is 0 Å². The molecule has 3 rings (SSSR count). The van der Waals surface area contributed by atoms with Crippen molar-refractivity contribution in [2.45, 2.75) is 38.5 Å². The number of hydrogen-bond donors (Lipinski definition) is 0. The van der Waals surface area contributed by atoms with Gasteiger partial charge in [0.2, 0.25) is 0 Å². The minimum absolute atomic E-state index is 0.785. The van der Waals surface area contributed by atoms with Gasteiger partial charge in [0.25, 0.3) is 0 Å². The normalized spacial score (nSPS) is 20.9. The number of rotatable bonds is 6. The molecule has 0 aromatic heterocycles. The smallest absolute Gasteiger partial charge is 0.0230 e. The highest BCUT2D eigenvalue weighted by Gasteiger charge is 2.15. The Balaban J connectivity index is 1.42. The van der Waals surface area contributed by atoms with Gasteiger partial charge in [-0.25, -0.2) is 0 Å². The zero-order chi connectivity index (χ0) is 15.0. The van der Waals surface area contributed by atoms with E-state index in [-0.39, 0.29) is 0 Å². The first-order chi connectivity index (χ1) is 10.9. The summed E-state index contributed by atoms with van der Waals surface area (Å²) < 4.78 is 0. The van der Waals surface area contributed by atoms with Gasteiger partial charge in [0.15, 0.2) is 0 Å². The van der Waals surface area contributed by atoms with Crippen LogP contribution in [0.25, 0.3) is 0 Å². The van der Waals surface area contributed by atoms with Crippen LogP contribution in [0.5, 0.6) is 0 Å². The van der Waals surface area contributed by atoms with Gasteiger partial charge >= 0.3 is 0 Å². The van der Waals surface area contributed by atoms with Gasteiger partial charge in [-0.1, -0.05) is 72.8 Å². The molecule has 0 nitrogen and oxygen atoms in total. The molecule has 0 spiro atoms. The second kappa shape index (κ2) is 7.98. The highest BCUT2D eigenvalue weighted by molar-refractivity contribution is 5.16. The van der Waals surface area contributed by atoms with Gasteiger partial charge in [0.05, 0.1) is 0 Å². The predicted molar refractivity (Wildman–Crippen MR) is 94.9 cm³/mol. The van der Waals surface area contributed by atoms with Crippen LogP contribution in [-0.2, 0) is 12.8 Å². The van der Waals surface area contributed by atoms with E-state index in [1.54, 1.807) is 0 Å². The molecule has 0 saturated carbocycles. The maximum atomic E-state index is 2.49. The molecule has 0 heteroatoms. The average molecular weight is 290 g/mol. The zero-order valence-corrected chi connectivity index (χ0v) is 13.3. The zero-order valence-electron chi connectivity index (χ0n) is 13.3. The number of benzene rings is 2. The van der Waals surface area contributed by atoms with Gasteiger partial charge in [0.1, 0.15) is 0 Å². The molecule has 0 aliphatic heterocycles. The fourth-order valence-corrected chi connectivity index (χ4v) is 3.41. The standard InChI is InChI=1S/C22H26/c1-3-7-19(8-4-1)11-13-21-15-17-22(18-16-21)14-12-20-9-5-2-6-10-20/h1-10,15,17,21-22H,11-14,16,18H2. The highest BCUT2D eigenvalue weighted by atomic mass is 14.2. The van der Waals surface area contributed by atoms with Gasteiger partial charge in [-0.05, 0) is 61.5 Å². The topological polar surface area (TPSA) is 0 Å². The number of hydrogen-bond acceptors (Lipinski definition) is 0. The van der Waals surface area contributed by atoms with Gasteiger partial charge < -0.3 is 0 Å². The van der Waals surface area contributed by atoms with Crippen molar-refractivity contribution in [1.82, 2.24) is 0 Å². The molecular weight excluding hydrogens is 264 g/mol. The summed E-state index contributed by atoms with van der Waals surface area (Å²) >= 11 is 0. The van der Waals surface area contributed by atoms with Crippen LogP contribution in [0.3, 0.4) is 0 Å². The molecule has 0 fully saturated rings. The molecule has 2 unspecified atom stereocenters. The average Bonchev–Trinajstić information content (AvgIpc) is 2.61. The summed E-state index contributed by atoms with van der Waals surface area (Å²) in [5, 5.41) is 0. The molecule has 0 saturated heterocycles. The summed E-state index contributed by atoms with van der Waals surface area (Å²) in [5.74, 6) is 1.57. The number of aryl methyl sites for hydroxylation is 2. The number of allylic oxidation sites excluding steroid dienone is 2. The second-order valence-electron chi connectivity index (χ2n) is 6.53. The Morgan fingerprint density at radius 1 is 0.591 bits per heavy atom. The fourth-order valence-electron chi connectivity index (χ4n) is 3.41. The van der Waals surface area contributed by atoms with Crippen LogP contribution in [0, 0.1) is 11.8 Å². The Morgan fingerprint density at radius 2 is 1.00 bits per heavy atom. The summed E-state index contributed by atoms with van der Waals surface area (Å²) in [7, 11) is 0. The molecule has 0 heterocycles. The Morgan fingerprint density at radius 3 is 1.36 bits per heavy atom. The van der Waals surface area contributed by atoms with Crippen molar-refractivity contribution in [3.8, 4) is 0 Å². The first-order valence-corrected chi connectivity index (χ1v) is 8.66. The highest BCUT2D eigenvalue weighted by Crippen LogP contribution is 2.28. The molecule has 2 aromatic rings.